The van der Waals surface area contributed by atoms with Gasteiger partial charge in [0.15, 0.2) is 6.61 Å². The molecule has 1 atom stereocenters. The lowest BCUT2D eigenvalue weighted by Crippen LogP contribution is -2.24. The Labute approximate surface area is 132 Å². The number of benzene rings is 1. The molecule has 0 N–H and O–H groups in total. The van der Waals surface area contributed by atoms with E-state index in [2.05, 4.69) is 0 Å². The summed E-state index contributed by atoms with van der Waals surface area (Å²) in [6.07, 6.45) is 0.890. The number of esters is 1. The van der Waals surface area contributed by atoms with Gasteiger partial charge in [-0.3, -0.25) is 0 Å². The Kier molecular flexibility index (Phi) is 7.45. The quantitative estimate of drug-likeness (QED) is 0.420. The van der Waals surface area contributed by atoms with E-state index in [1.165, 1.54) is 19.2 Å². The molecule has 0 spiro atoms. The second-order valence-electron chi connectivity index (χ2n) is 3.93. The molecule has 0 aliphatic rings. The van der Waals surface area contributed by atoms with E-state index in [-0.39, 0.29) is 17.4 Å². The topological polar surface area (TPSA) is 44.8 Å². The molecule has 0 heterocycles. The van der Waals surface area contributed by atoms with Crippen LogP contribution in [0.1, 0.15) is 19.8 Å². The highest BCUT2D eigenvalue weighted by Gasteiger charge is 2.14. The van der Waals surface area contributed by atoms with E-state index in [0.29, 0.717) is 16.5 Å². The maximum absolute atomic E-state index is 11.6. The van der Waals surface area contributed by atoms with Gasteiger partial charge in [0.1, 0.15) is 5.75 Å². The van der Waals surface area contributed by atoms with Crippen molar-refractivity contribution in [2.75, 3.05) is 13.7 Å². The standard InChI is InChI=1S/C13H15Cl3O4/c1-3-4-13(18-2)20-12(17)7-19-11-6-9(15)8(14)5-10(11)16/h5-6,13H,3-4,7H2,1-2H3. The van der Waals surface area contributed by atoms with Gasteiger partial charge in [0, 0.05) is 19.6 Å². The second-order valence-corrected chi connectivity index (χ2v) is 5.15. The fourth-order valence-electron chi connectivity index (χ4n) is 1.39. The summed E-state index contributed by atoms with van der Waals surface area (Å²) in [5.41, 5.74) is 0. The average molecular weight is 342 g/mol. The monoisotopic (exact) mass is 340 g/mol. The number of hydrogen-bond donors (Lipinski definition) is 0. The second kappa shape index (κ2) is 8.57. The Morgan fingerprint density at radius 1 is 1.20 bits per heavy atom. The SMILES string of the molecule is CCCC(OC)OC(=O)COc1cc(Cl)c(Cl)cc1Cl. The largest absolute Gasteiger partial charge is 0.480 e. The minimum absolute atomic E-state index is 0.266. The Morgan fingerprint density at radius 3 is 2.45 bits per heavy atom. The third kappa shape index (κ3) is 5.37. The van der Waals surface area contributed by atoms with E-state index in [4.69, 9.17) is 49.0 Å². The molecule has 0 saturated heterocycles. The van der Waals surface area contributed by atoms with Gasteiger partial charge in [0.05, 0.1) is 15.1 Å². The predicted molar refractivity (Wildman–Crippen MR) is 78.8 cm³/mol. The van der Waals surface area contributed by atoms with Crippen LogP contribution in [-0.4, -0.2) is 26.0 Å². The van der Waals surface area contributed by atoms with Crippen LogP contribution in [0.15, 0.2) is 12.1 Å². The molecule has 0 radical (unpaired) electrons. The smallest absolute Gasteiger partial charge is 0.346 e. The van der Waals surface area contributed by atoms with Crippen molar-refractivity contribution < 1.29 is 19.0 Å². The Bertz CT molecular complexity index is 465. The van der Waals surface area contributed by atoms with E-state index in [9.17, 15) is 4.79 Å². The first-order valence-electron chi connectivity index (χ1n) is 5.97. The molecule has 0 aliphatic carbocycles. The first kappa shape index (κ1) is 17.4. The number of methoxy groups -OCH3 is 1. The molecule has 1 aromatic carbocycles. The van der Waals surface area contributed by atoms with Gasteiger partial charge in [-0.2, -0.15) is 0 Å². The van der Waals surface area contributed by atoms with Crippen LogP contribution in [0.4, 0.5) is 0 Å². The molecule has 112 valence electrons. The van der Waals surface area contributed by atoms with Gasteiger partial charge < -0.3 is 14.2 Å². The Balaban J connectivity index is 2.54. The number of carbonyl (C=O) groups excluding carboxylic acids is 1. The number of rotatable bonds is 7. The summed E-state index contributed by atoms with van der Waals surface area (Å²) in [4.78, 5) is 11.6. The third-order valence-electron chi connectivity index (χ3n) is 2.37. The fraction of sp³-hybridized carbons (Fsp3) is 0.462. The number of ether oxygens (including phenoxy) is 3. The zero-order chi connectivity index (χ0) is 15.1. The van der Waals surface area contributed by atoms with E-state index in [1.54, 1.807) is 0 Å². The molecule has 0 bridgehead atoms. The zero-order valence-electron chi connectivity index (χ0n) is 11.1. The lowest BCUT2D eigenvalue weighted by Gasteiger charge is -2.15. The normalized spacial score (nSPS) is 12.1. The average Bonchev–Trinajstić information content (AvgIpc) is 2.40. The molecule has 7 heteroatoms. The highest BCUT2D eigenvalue weighted by Crippen LogP contribution is 2.33. The van der Waals surface area contributed by atoms with Gasteiger partial charge in [0.25, 0.3) is 0 Å². The summed E-state index contributed by atoms with van der Waals surface area (Å²) in [5, 5.41) is 0.873. The first-order valence-corrected chi connectivity index (χ1v) is 7.11. The van der Waals surface area contributed by atoms with Crippen molar-refractivity contribution in [3.63, 3.8) is 0 Å². The van der Waals surface area contributed by atoms with Crippen LogP contribution >= 0.6 is 34.8 Å². The van der Waals surface area contributed by atoms with Crippen molar-refractivity contribution in [1.29, 1.82) is 0 Å². The predicted octanol–water partition coefficient (Wildman–Crippen LogP) is 4.34. The van der Waals surface area contributed by atoms with Crippen molar-refractivity contribution in [1.82, 2.24) is 0 Å². The summed E-state index contributed by atoms with van der Waals surface area (Å²) < 4.78 is 15.3. The van der Waals surface area contributed by atoms with Crippen molar-refractivity contribution in [3.8, 4) is 5.75 Å². The molecule has 1 unspecified atom stereocenters. The van der Waals surface area contributed by atoms with Crippen molar-refractivity contribution in [2.45, 2.75) is 26.1 Å². The molecule has 1 aromatic rings. The van der Waals surface area contributed by atoms with Crippen LogP contribution in [0.25, 0.3) is 0 Å². The minimum Gasteiger partial charge on any atom is -0.480 e. The lowest BCUT2D eigenvalue weighted by atomic mass is 10.3. The lowest BCUT2D eigenvalue weighted by molar-refractivity contribution is -0.176. The first-order chi connectivity index (χ1) is 9.47. The van der Waals surface area contributed by atoms with Crippen LogP contribution in [0.2, 0.25) is 15.1 Å². The molecule has 0 aliphatic heterocycles. The van der Waals surface area contributed by atoms with Crippen LogP contribution in [0.5, 0.6) is 5.75 Å². The molecule has 0 aromatic heterocycles. The molecular formula is C13H15Cl3O4. The molecule has 4 nitrogen and oxygen atoms in total. The highest BCUT2D eigenvalue weighted by molar-refractivity contribution is 6.43. The summed E-state index contributed by atoms with van der Waals surface area (Å²) in [5.74, 6) is -0.282. The van der Waals surface area contributed by atoms with Crippen LogP contribution < -0.4 is 4.74 Å². The molecule has 20 heavy (non-hydrogen) atoms. The zero-order valence-corrected chi connectivity index (χ0v) is 13.4. The van der Waals surface area contributed by atoms with Crippen molar-refractivity contribution >= 4 is 40.8 Å². The maximum Gasteiger partial charge on any atom is 0.346 e. The molecule has 0 saturated carbocycles. The van der Waals surface area contributed by atoms with Crippen LogP contribution in [0, 0.1) is 0 Å². The van der Waals surface area contributed by atoms with E-state index in [1.807, 2.05) is 6.92 Å². The summed E-state index contributed by atoms with van der Waals surface area (Å²) in [6.45, 7) is 1.67. The third-order valence-corrected chi connectivity index (χ3v) is 3.39. The van der Waals surface area contributed by atoms with Crippen molar-refractivity contribution in [3.05, 3.63) is 27.2 Å². The summed E-state index contributed by atoms with van der Waals surface area (Å²) in [6, 6.07) is 2.89. The fourth-order valence-corrected chi connectivity index (χ4v) is 1.98. The van der Waals surface area contributed by atoms with E-state index >= 15 is 0 Å². The highest BCUT2D eigenvalue weighted by atomic mass is 35.5. The van der Waals surface area contributed by atoms with Crippen LogP contribution in [-0.2, 0) is 14.3 Å². The van der Waals surface area contributed by atoms with Gasteiger partial charge in [-0.25, -0.2) is 4.79 Å². The van der Waals surface area contributed by atoms with Crippen molar-refractivity contribution in [2.24, 2.45) is 0 Å². The number of hydrogen-bond acceptors (Lipinski definition) is 4. The van der Waals surface area contributed by atoms with Gasteiger partial charge in [-0.05, 0) is 6.07 Å². The van der Waals surface area contributed by atoms with E-state index in [0.717, 1.165) is 6.42 Å². The van der Waals surface area contributed by atoms with Crippen LogP contribution in [0.3, 0.4) is 0 Å². The molecule has 0 amide bonds. The molecular weight excluding hydrogens is 326 g/mol. The minimum atomic E-state index is -0.569. The Hall–Kier alpha value is -0.680. The number of halogens is 3. The molecule has 0 fully saturated rings. The van der Waals surface area contributed by atoms with Gasteiger partial charge in [0.2, 0.25) is 6.29 Å². The van der Waals surface area contributed by atoms with Gasteiger partial charge >= 0.3 is 5.97 Å². The number of carbonyl (C=O) groups is 1. The Morgan fingerprint density at radius 2 is 1.85 bits per heavy atom. The summed E-state index contributed by atoms with van der Waals surface area (Å²) in [7, 11) is 1.48. The van der Waals surface area contributed by atoms with Gasteiger partial charge in [-0.1, -0.05) is 48.1 Å². The molecule has 1 rings (SSSR count). The summed E-state index contributed by atoms with van der Waals surface area (Å²) >= 11 is 17.6. The van der Waals surface area contributed by atoms with Gasteiger partial charge in [-0.15, -0.1) is 0 Å². The van der Waals surface area contributed by atoms with E-state index < -0.39 is 12.3 Å². The maximum atomic E-state index is 11.6.